The Morgan fingerprint density at radius 2 is 2.25 bits per heavy atom. The molecule has 0 spiro atoms. The Hall–Kier alpha value is -0.840. The van der Waals surface area contributed by atoms with Crippen LogP contribution in [0.4, 0.5) is 0 Å². The highest BCUT2D eigenvalue weighted by Crippen LogP contribution is 2.22. The minimum Gasteiger partial charge on any atom is -0.390 e. The zero-order valence-electron chi connectivity index (χ0n) is 8.61. The molecule has 1 aromatic heterocycles. The van der Waals surface area contributed by atoms with E-state index in [2.05, 4.69) is 21.0 Å². The van der Waals surface area contributed by atoms with Gasteiger partial charge in [-0.25, -0.2) is 4.68 Å². The summed E-state index contributed by atoms with van der Waals surface area (Å²) in [6.45, 7) is 1.90. The molecule has 1 N–H and O–H groups in total. The normalized spacial score (nSPS) is 10.8. The SMILES string of the molecule is Cc1ccc(Cl)cc1-n1cc(Br)c(CO)n1. The maximum atomic E-state index is 9.07. The highest BCUT2D eigenvalue weighted by Gasteiger charge is 2.08. The zero-order valence-corrected chi connectivity index (χ0v) is 11.0. The maximum absolute atomic E-state index is 9.07. The molecule has 1 aromatic carbocycles. The Balaban J connectivity index is 2.53. The van der Waals surface area contributed by atoms with Gasteiger partial charge in [-0.15, -0.1) is 0 Å². The molecule has 3 nitrogen and oxygen atoms in total. The van der Waals surface area contributed by atoms with Crippen molar-refractivity contribution >= 4 is 27.5 Å². The van der Waals surface area contributed by atoms with Crippen LogP contribution in [0.15, 0.2) is 28.9 Å². The summed E-state index contributed by atoms with van der Waals surface area (Å²) in [5, 5.41) is 14.0. The van der Waals surface area contributed by atoms with Gasteiger partial charge in [0.25, 0.3) is 0 Å². The molecule has 2 aromatic rings. The summed E-state index contributed by atoms with van der Waals surface area (Å²) in [6.07, 6.45) is 1.81. The number of aromatic nitrogens is 2. The van der Waals surface area contributed by atoms with Gasteiger partial charge in [0.1, 0.15) is 5.69 Å². The van der Waals surface area contributed by atoms with Crippen LogP contribution in [-0.2, 0) is 6.61 Å². The van der Waals surface area contributed by atoms with Crippen LogP contribution < -0.4 is 0 Å². The topological polar surface area (TPSA) is 38.0 Å². The number of aliphatic hydroxyl groups is 1. The summed E-state index contributed by atoms with van der Waals surface area (Å²) in [4.78, 5) is 0. The third kappa shape index (κ3) is 2.14. The first kappa shape index (κ1) is 11.6. The molecule has 1 heterocycles. The standard InChI is InChI=1S/C11H10BrClN2O/c1-7-2-3-8(13)4-11(7)15-5-9(12)10(6-16)14-15/h2-5,16H,6H2,1H3. The van der Waals surface area contributed by atoms with Gasteiger partial charge in [-0.3, -0.25) is 0 Å². The lowest BCUT2D eigenvalue weighted by atomic mass is 10.2. The van der Waals surface area contributed by atoms with Gasteiger partial charge in [-0.2, -0.15) is 5.10 Å². The number of benzene rings is 1. The second-order valence-electron chi connectivity index (χ2n) is 3.46. The molecule has 0 saturated carbocycles. The van der Waals surface area contributed by atoms with Gasteiger partial charge in [0, 0.05) is 11.2 Å². The van der Waals surface area contributed by atoms with Crippen molar-refractivity contribution in [1.82, 2.24) is 9.78 Å². The monoisotopic (exact) mass is 300 g/mol. The number of nitrogens with zero attached hydrogens (tertiary/aromatic N) is 2. The van der Waals surface area contributed by atoms with Gasteiger partial charge in [0.15, 0.2) is 0 Å². The Morgan fingerprint density at radius 1 is 1.50 bits per heavy atom. The molecule has 0 aliphatic carbocycles. The molecule has 0 atom stereocenters. The van der Waals surface area contributed by atoms with E-state index in [1.165, 1.54) is 0 Å². The Bertz CT molecular complexity index is 525. The molecule has 0 fully saturated rings. The summed E-state index contributed by atoms with van der Waals surface area (Å²) >= 11 is 9.29. The molecule has 5 heteroatoms. The quantitative estimate of drug-likeness (QED) is 0.925. The highest BCUT2D eigenvalue weighted by atomic mass is 79.9. The molecule has 16 heavy (non-hydrogen) atoms. The third-order valence-electron chi connectivity index (χ3n) is 2.31. The summed E-state index contributed by atoms with van der Waals surface area (Å²) in [5.74, 6) is 0. The van der Waals surface area contributed by atoms with Crippen LogP contribution in [0.25, 0.3) is 5.69 Å². The lowest BCUT2D eigenvalue weighted by Crippen LogP contribution is -1.98. The molecule has 2 rings (SSSR count). The summed E-state index contributed by atoms with van der Waals surface area (Å²) in [5.41, 5.74) is 2.59. The van der Waals surface area contributed by atoms with Crippen molar-refractivity contribution in [2.24, 2.45) is 0 Å². The molecule has 0 radical (unpaired) electrons. The van der Waals surface area contributed by atoms with Crippen molar-refractivity contribution in [2.45, 2.75) is 13.5 Å². The number of hydrogen-bond acceptors (Lipinski definition) is 2. The zero-order chi connectivity index (χ0) is 11.7. The van der Waals surface area contributed by atoms with Crippen LogP contribution in [-0.4, -0.2) is 14.9 Å². The Morgan fingerprint density at radius 3 is 2.88 bits per heavy atom. The minimum atomic E-state index is -0.0901. The smallest absolute Gasteiger partial charge is 0.102 e. The first-order chi connectivity index (χ1) is 7.61. The summed E-state index contributed by atoms with van der Waals surface area (Å²) < 4.78 is 2.49. The predicted octanol–water partition coefficient (Wildman–Crippen LogP) is 3.09. The molecule has 0 aliphatic heterocycles. The fraction of sp³-hybridized carbons (Fsp3) is 0.182. The molecule has 0 bridgehead atoms. The molecule has 0 unspecified atom stereocenters. The van der Waals surface area contributed by atoms with Crippen LogP contribution in [0.1, 0.15) is 11.3 Å². The lowest BCUT2D eigenvalue weighted by molar-refractivity contribution is 0.275. The van der Waals surface area contributed by atoms with E-state index in [0.29, 0.717) is 10.7 Å². The van der Waals surface area contributed by atoms with E-state index in [1.54, 1.807) is 4.68 Å². The number of halogens is 2. The molecular weight excluding hydrogens is 291 g/mol. The van der Waals surface area contributed by atoms with Crippen molar-refractivity contribution in [2.75, 3.05) is 0 Å². The van der Waals surface area contributed by atoms with Crippen LogP contribution >= 0.6 is 27.5 Å². The second kappa shape index (κ2) is 4.57. The summed E-state index contributed by atoms with van der Waals surface area (Å²) in [6, 6.07) is 5.62. The van der Waals surface area contributed by atoms with Crippen molar-refractivity contribution in [1.29, 1.82) is 0 Å². The van der Waals surface area contributed by atoms with Gasteiger partial charge < -0.3 is 5.11 Å². The number of aliphatic hydroxyl groups excluding tert-OH is 1. The Labute approximate surface area is 107 Å². The van der Waals surface area contributed by atoms with Crippen molar-refractivity contribution in [3.8, 4) is 5.69 Å². The van der Waals surface area contributed by atoms with E-state index in [0.717, 1.165) is 15.7 Å². The highest BCUT2D eigenvalue weighted by molar-refractivity contribution is 9.10. The first-order valence-electron chi connectivity index (χ1n) is 4.73. The van der Waals surface area contributed by atoms with Gasteiger partial charge in [-0.1, -0.05) is 17.7 Å². The van der Waals surface area contributed by atoms with E-state index in [4.69, 9.17) is 16.7 Å². The van der Waals surface area contributed by atoms with Gasteiger partial charge in [-0.05, 0) is 40.5 Å². The molecule has 0 amide bonds. The van der Waals surface area contributed by atoms with Crippen molar-refractivity contribution in [3.05, 3.63) is 45.1 Å². The van der Waals surface area contributed by atoms with Crippen molar-refractivity contribution in [3.63, 3.8) is 0 Å². The lowest BCUT2D eigenvalue weighted by Gasteiger charge is -2.05. The van der Waals surface area contributed by atoms with E-state index in [9.17, 15) is 0 Å². The van der Waals surface area contributed by atoms with Crippen LogP contribution in [0.3, 0.4) is 0 Å². The molecule has 0 saturated heterocycles. The van der Waals surface area contributed by atoms with Crippen LogP contribution in [0.2, 0.25) is 5.02 Å². The fourth-order valence-electron chi connectivity index (χ4n) is 1.45. The van der Waals surface area contributed by atoms with E-state index in [-0.39, 0.29) is 6.61 Å². The van der Waals surface area contributed by atoms with Gasteiger partial charge in [0.2, 0.25) is 0 Å². The molecule has 0 aliphatic rings. The fourth-order valence-corrected chi connectivity index (χ4v) is 2.01. The van der Waals surface area contributed by atoms with Crippen LogP contribution in [0, 0.1) is 6.92 Å². The third-order valence-corrected chi connectivity index (χ3v) is 3.21. The largest absolute Gasteiger partial charge is 0.390 e. The second-order valence-corrected chi connectivity index (χ2v) is 4.75. The number of aryl methyl sites for hydroxylation is 1. The molecule has 84 valence electrons. The van der Waals surface area contributed by atoms with E-state index >= 15 is 0 Å². The minimum absolute atomic E-state index is 0.0901. The summed E-state index contributed by atoms with van der Waals surface area (Å²) in [7, 11) is 0. The average molecular weight is 302 g/mol. The Kier molecular flexibility index (Phi) is 3.33. The predicted molar refractivity (Wildman–Crippen MR) is 66.9 cm³/mol. The van der Waals surface area contributed by atoms with Gasteiger partial charge in [0.05, 0.1) is 16.8 Å². The van der Waals surface area contributed by atoms with E-state index in [1.807, 2.05) is 31.3 Å². The van der Waals surface area contributed by atoms with Crippen molar-refractivity contribution < 1.29 is 5.11 Å². The van der Waals surface area contributed by atoms with Gasteiger partial charge >= 0.3 is 0 Å². The maximum Gasteiger partial charge on any atom is 0.102 e. The average Bonchev–Trinajstić information content (AvgIpc) is 2.63. The molecular formula is C11H10BrClN2O. The van der Waals surface area contributed by atoms with E-state index < -0.39 is 0 Å². The number of rotatable bonds is 2. The van der Waals surface area contributed by atoms with Crippen LogP contribution in [0.5, 0.6) is 0 Å². The number of hydrogen-bond donors (Lipinski definition) is 1. The first-order valence-corrected chi connectivity index (χ1v) is 5.90.